The molecule has 1 aromatic carbocycles. The molecule has 0 spiro atoms. The average molecular weight is 380 g/mol. The van der Waals surface area contributed by atoms with Gasteiger partial charge in [-0.15, -0.1) is 0 Å². The van der Waals surface area contributed by atoms with Gasteiger partial charge >= 0.3 is 6.61 Å². The number of hydrogen-bond acceptors (Lipinski definition) is 5. The minimum Gasteiger partial charge on any atom is -0.493 e. The third-order valence-electron chi connectivity index (χ3n) is 3.80. The van der Waals surface area contributed by atoms with E-state index in [-0.39, 0.29) is 23.4 Å². The van der Waals surface area contributed by atoms with Crippen molar-refractivity contribution in [1.29, 1.82) is 0 Å². The van der Waals surface area contributed by atoms with Crippen molar-refractivity contribution in [3.05, 3.63) is 54.0 Å². The maximum atomic E-state index is 12.3. The number of methoxy groups -OCH3 is 1. The second-order valence-corrected chi connectivity index (χ2v) is 5.86. The number of ether oxygens (including phenoxy) is 2. The summed E-state index contributed by atoms with van der Waals surface area (Å²) in [5.74, 6) is 0.550. The predicted molar refractivity (Wildman–Crippen MR) is 96.8 cm³/mol. The molecule has 0 saturated heterocycles. The quantitative estimate of drug-likeness (QED) is 0.676. The highest BCUT2D eigenvalue weighted by Gasteiger charge is 2.17. The highest BCUT2D eigenvalue weighted by molar-refractivity contribution is 5.91. The molecule has 0 saturated carbocycles. The van der Waals surface area contributed by atoms with E-state index in [0.717, 1.165) is 5.76 Å². The summed E-state index contributed by atoms with van der Waals surface area (Å²) in [6.45, 7) is -2.57. The van der Waals surface area contributed by atoms with Crippen LogP contribution < -0.4 is 14.8 Å². The lowest BCUT2D eigenvalue weighted by Gasteiger charge is -2.22. The van der Waals surface area contributed by atoms with E-state index in [1.165, 1.54) is 25.3 Å². The molecule has 0 fully saturated rings. The number of likely N-dealkylation sites (N-methyl/N-ethyl adjacent to an activating group) is 1. The molecule has 146 valence electrons. The fourth-order valence-corrected chi connectivity index (χ4v) is 2.43. The van der Waals surface area contributed by atoms with Gasteiger partial charge < -0.3 is 19.2 Å². The zero-order valence-corrected chi connectivity index (χ0v) is 15.3. The van der Waals surface area contributed by atoms with Crippen LogP contribution in [0.3, 0.4) is 0 Å². The van der Waals surface area contributed by atoms with Gasteiger partial charge in [0.05, 0.1) is 19.4 Å². The van der Waals surface area contributed by atoms with Crippen LogP contribution in [0.5, 0.6) is 11.5 Å². The van der Waals surface area contributed by atoms with Crippen molar-refractivity contribution in [2.45, 2.75) is 12.7 Å². The van der Waals surface area contributed by atoms with E-state index >= 15 is 0 Å². The summed E-state index contributed by atoms with van der Waals surface area (Å²) >= 11 is 0. The Balaban J connectivity index is 1.97. The third kappa shape index (κ3) is 6.10. The largest absolute Gasteiger partial charge is 0.493 e. The number of hydrogen-bond donors (Lipinski definition) is 1. The first-order valence-electron chi connectivity index (χ1n) is 8.19. The Hall–Kier alpha value is -2.87. The monoisotopic (exact) mass is 380 g/mol. The molecule has 1 aromatic heterocycles. The summed E-state index contributed by atoms with van der Waals surface area (Å²) in [6.07, 6.45) is 4.50. The summed E-state index contributed by atoms with van der Waals surface area (Å²) in [6, 6.07) is 7.97. The molecule has 0 aliphatic carbocycles. The van der Waals surface area contributed by atoms with Gasteiger partial charge in [-0.05, 0) is 50.0 Å². The summed E-state index contributed by atoms with van der Waals surface area (Å²) in [5.41, 5.74) is 0.610. The molecule has 0 aliphatic heterocycles. The van der Waals surface area contributed by atoms with E-state index in [9.17, 15) is 13.6 Å². The second-order valence-electron chi connectivity index (χ2n) is 5.86. The van der Waals surface area contributed by atoms with Gasteiger partial charge in [-0.3, -0.25) is 9.69 Å². The van der Waals surface area contributed by atoms with Crippen molar-refractivity contribution in [2.24, 2.45) is 0 Å². The molecular formula is C19H22F2N2O4. The van der Waals surface area contributed by atoms with Gasteiger partial charge in [-0.25, -0.2) is 0 Å². The summed E-state index contributed by atoms with van der Waals surface area (Å²) < 4.78 is 39.5. The number of nitrogens with zero attached hydrogens (tertiary/aromatic N) is 1. The zero-order chi connectivity index (χ0) is 19.8. The number of rotatable bonds is 9. The van der Waals surface area contributed by atoms with Crippen molar-refractivity contribution in [2.75, 3.05) is 27.7 Å². The second kappa shape index (κ2) is 9.72. The van der Waals surface area contributed by atoms with Crippen molar-refractivity contribution < 1.29 is 27.5 Å². The molecule has 2 aromatic rings. The minimum absolute atomic E-state index is 0.0682. The predicted octanol–water partition coefficient (Wildman–Crippen LogP) is 3.32. The van der Waals surface area contributed by atoms with E-state index in [4.69, 9.17) is 9.15 Å². The fraction of sp³-hybridized carbons (Fsp3) is 0.316. The number of alkyl halides is 2. The number of amides is 1. The summed E-state index contributed by atoms with van der Waals surface area (Å²) in [4.78, 5) is 14.0. The number of carbonyl (C=O) groups is 1. The molecule has 2 rings (SSSR count). The van der Waals surface area contributed by atoms with Crippen LogP contribution in [0.1, 0.15) is 17.4 Å². The minimum atomic E-state index is -2.94. The molecule has 6 nitrogen and oxygen atoms in total. The first-order chi connectivity index (χ1) is 12.9. The lowest BCUT2D eigenvalue weighted by molar-refractivity contribution is -0.116. The molecule has 1 heterocycles. The Kier molecular flexibility index (Phi) is 7.36. The van der Waals surface area contributed by atoms with Crippen molar-refractivity contribution in [3.63, 3.8) is 0 Å². The van der Waals surface area contributed by atoms with E-state index in [1.54, 1.807) is 24.5 Å². The van der Waals surface area contributed by atoms with Gasteiger partial charge in [-0.1, -0.05) is 6.07 Å². The fourth-order valence-electron chi connectivity index (χ4n) is 2.43. The van der Waals surface area contributed by atoms with Crippen molar-refractivity contribution in [3.8, 4) is 11.5 Å². The molecule has 1 N–H and O–H groups in total. The number of benzene rings is 1. The normalized spacial score (nSPS) is 12.6. The van der Waals surface area contributed by atoms with Crippen LogP contribution in [0.4, 0.5) is 8.78 Å². The molecule has 1 unspecified atom stereocenters. The molecule has 0 bridgehead atoms. The van der Waals surface area contributed by atoms with Gasteiger partial charge in [0.2, 0.25) is 5.91 Å². The first-order valence-corrected chi connectivity index (χ1v) is 8.19. The summed E-state index contributed by atoms with van der Waals surface area (Å²) in [5, 5.41) is 2.81. The molecule has 1 atom stereocenters. The molecule has 0 radical (unpaired) electrons. The van der Waals surface area contributed by atoms with Gasteiger partial charge in [-0.2, -0.15) is 8.78 Å². The molecule has 8 heteroatoms. The smallest absolute Gasteiger partial charge is 0.387 e. The van der Waals surface area contributed by atoms with Gasteiger partial charge in [0.15, 0.2) is 11.5 Å². The van der Waals surface area contributed by atoms with Gasteiger partial charge in [0, 0.05) is 12.6 Å². The van der Waals surface area contributed by atoms with Crippen LogP contribution in [-0.2, 0) is 4.79 Å². The highest BCUT2D eigenvalue weighted by Crippen LogP contribution is 2.29. The van der Waals surface area contributed by atoms with Crippen molar-refractivity contribution in [1.82, 2.24) is 10.2 Å². The van der Waals surface area contributed by atoms with Crippen LogP contribution in [0.15, 0.2) is 47.1 Å². The molecular weight excluding hydrogens is 358 g/mol. The third-order valence-corrected chi connectivity index (χ3v) is 3.80. The van der Waals surface area contributed by atoms with E-state index in [2.05, 4.69) is 10.1 Å². The van der Waals surface area contributed by atoms with Crippen molar-refractivity contribution >= 4 is 12.0 Å². The van der Waals surface area contributed by atoms with Crippen LogP contribution in [0.2, 0.25) is 0 Å². The molecule has 0 aliphatic rings. The SMILES string of the molecule is COc1cc(C=CC(=O)NCC(c2ccco2)N(C)C)ccc1OC(F)F. The molecule has 1 amide bonds. The first kappa shape index (κ1) is 20.4. The Bertz CT molecular complexity index is 761. The van der Waals surface area contributed by atoms with Crippen LogP contribution in [0, 0.1) is 0 Å². The van der Waals surface area contributed by atoms with E-state index in [0.29, 0.717) is 12.1 Å². The highest BCUT2D eigenvalue weighted by atomic mass is 19.3. The Morgan fingerprint density at radius 2 is 2.07 bits per heavy atom. The topological polar surface area (TPSA) is 63.9 Å². The standard InChI is InChI=1S/C19H22F2N2O4/c1-23(2)14(15-5-4-10-26-15)12-22-18(24)9-7-13-6-8-16(27-19(20)21)17(11-13)25-3/h4-11,14,19H,12H2,1-3H3,(H,22,24). The number of halogens is 2. The lowest BCUT2D eigenvalue weighted by Crippen LogP contribution is -2.33. The zero-order valence-electron chi connectivity index (χ0n) is 15.3. The molecule has 27 heavy (non-hydrogen) atoms. The maximum Gasteiger partial charge on any atom is 0.387 e. The average Bonchev–Trinajstić information content (AvgIpc) is 3.14. The Labute approximate surface area is 156 Å². The van der Waals surface area contributed by atoms with Crippen LogP contribution in [0.25, 0.3) is 6.08 Å². The van der Waals surface area contributed by atoms with Gasteiger partial charge in [0.1, 0.15) is 5.76 Å². The number of nitrogens with one attached hydrogen (secondary N) is 1. The van der Waals surface area contributed by atoms with E-state index in [1.807, 2.05) is 25.1 Å². The van der Waals surface area contributed by atoms with Crippen LogP contribution >= 0.6 is 0 Å². The number of furan rings is 1. The Morgan fingerprint density at radius 3 is 2.67 bits per heavy atom. The van der Waals surface area contributed by atoms with E-state index < -0.39 is 6.61 Å². The summed E-state index contributed by atoms with van der Waals surface area (Å²) in [7, 11) is 5.14. The lowest BCUT2D eigenvalue weighted by atomic mass is 10.2. The Morgan fingerprint density at radius 1 is 1.30 bits per heavy atom. The number of carbonyl (C=O) groups excluding carboxylic acids is 1. The van der Waals surface area contributed by atoms with Crippen LogP contribution in [-0.4, -0.2) is 45.2 Å². The van der Waals surface area contributed by atoms with Gasteiger partial charge in [0.25, 0.3) is 0 Å². The maximum absolute atomic E-state index is 12.3.